The van der Waals surface area contributed by atoms with Crippen LogP contribution in [0.1, 0.15) is 20.8 Å². The Morgan fingerprint density at radius 3 is 2.38 bits per heavy atom. The van der Waals surface area contributed by atoms with Crippen LogP contribution in [0.3, 0.4) is 0 Å². The van der Waals surface area contributed by atoms with Gasteiger partial charge in [0.05, 0.1) is 0 Å². The van der Waals surface area contributed by atoms with Gasteiger partial charge in [-0.2, -0.15) is 0 Å². The molecular formula is C15H19NO5. The third kappa shape index (κ3) is 3.45. The Kier molecular flexibility index (Phi) is 4.06. The first-order chi connectivity index (χ1) is 9.79. The maximum atomic E-state index is 12.2. The number of carboxylic acid groups (broad SMARTS) is 1. The van der Waals surface area contributed by atoms with E-state index >= 15 is 0 Å². The molecule has 0 radical (unpaired) electrons. The number of amides is 1. The Hall–Kier alpha value is -2.24. The SMILES string of the molecule is CC(C)(C)C(C(=O)O)C(=O)Nc1ccc2c(c1)OCCO2. The molecule has 0 saturated carbocycles. The smallest absolute Gasteiger partial charge is 0.316 e. The lowest BCUT2D eigenvalue weighted by Gasteiger charge is -2.26. The number of hydrogen-bond acceptors (Lipinski definition) is 4. The lowest BCUT2D eigenvalue weighted by atomic mass is 9.80. The van der Waals surface area contributed by atoms with Gasteiger partial charge in [0.2, 0.25) is 5.91 Å². The number of carboxylic acids is 1. The van der Waals surface area contributed by atoms with Gasteiger partial charge in [-0.05, 0) is 17.5 Å². The van der Waals surface area contributed by atoms with Crippen molar-refractivity contribution in [3.05, 3.63) is 18.2 Å². The molecule has 6 nitrogen and oxygen atoms in total. The second kappa shape index (κ2) is 5.63. The van der Waals surface area contributed by atoms with E-state index < -0.39 is 23.2 Å². The van der Waals surface area contributed by atoms with Crippen molar-refractivity contribution in [2.45, 2.75) is 20.8 Å². The Bertz CT molecular complexity index is 562. The average Bonchev–Trinajstić information content (AvgIpc) is 2.36. The fourth-order valence-corrected chi connectivity index (χ4v) is 2.21. The summed E-state index contributed by atoms with van der Waals surface area (Å²) in [5.74, 6) is -1.67. The van der Waals surface area contributed by atoms with E-state index in [0.29, 0.717) is 30.4 Å². The second-order valence-corrected chi connectivity index (χ2v) is 5.98. The molecule has 0 bridgehead atoms. The van der Waals surface area contributed by atoms with Gasteiger partial charge in [-0.25, -0.2) is 0 Å². The molecule has 2 N–H and O–H groups in total. The van der Waals surface area contributed by atoms with Gasteiger partial charge in [0.15, 0.2) is 11.5 Å². The molecule has 114 valence electrons. The van der Waals surface area contributed by atoms with Gasteiger partial charge < -0.3 is 19.9 Å². The van der Waals surface area contributed by atoms with Crippen molar-refractivity contribution in [2.75, 3.05) is 18.5 Å². The monoisotopic (exact) mass is 293 g/mol. The van der Waals surface area contributed by atoms with E-state index in [2.05, 4.69) is 5.32 Å². The van der Waals surface area contributed by atoms with Crippen LogP contribution in [0.25, 0.3) is 0 Å². The molecule has 1 heterocycles. The number of rotatable bonds is 3. The van der Waals surface area contributed by atoms with Crippen LogP contribution in [-0.2, 0) is 9.59 Å². The molecule has 0 spiro atoms. The largest absolute Gasteiger partial charge is 0.486 e. The van der Waals surface area contributed by atoms with Crippen LogP contribution in [-0.4, -0.2) is 30.2 Å². The van der Waals surface area contributed by atoms with Crippen molar-refractivity contribution in [1.29, 1.82) is 0 Å². The summed E-state index contributed by atoms with van der Waals surface area (Å²) in [6.45, 7) is 6.09. The first-order valence-corrected chi connectivity index (χ1v) is 6.72. The molecule has 0 aliphatic carbocycles. The van der Waals surface area contributed by atoms with Gasteiger partial charge in [0.25, 0.3) is 0 Å². The summed E-state index contributed by atoms with van der Waals surface area (Å²) < 4.78 is 10.8. The minimum atomic E-state index is -1.14. The molecule has 1 aromatic carbocycles. The standard InChI is InChI=1S/C15H19NO5/c1-15(2,3)12(14(18)19)13(17)16-9-4-5-10-11(8-9)21-7-6-20-10/h4-5,8,12H,6-7H2,1-3H3,(H,16,17)(H,18,19). The summed E-state index contributed by atoms with van der Waals surface area (Å²) in [6.07, 6.45) is 0. The highest BCUT2D eigenvalue weighted by Crippen LogP contribution is 2.33. The van der Waals surface area contributed by atoms with Gasteiger partial charge in [-0.3, -0.25) is 9.59 Å². The van der Waals surface area contributed by atoms with Crippen LogP contribution < -0.4 is 14.8 Å². The van der Waals surface area contributed by atoms with Gasteiger partial charge in [-0.15, -0.1) is 0 Å². The molecule has 1 atom stereocenters. The van der Waals surface area contributed by atoms with Gasteiger partial charge in [0, 0.05) is 11.8 Å². The normalized spacial score (nSPS) is 15.2. The molecular weight excluding hydrogens is 274 g/mol. The lowest BCUT2D eigenvalue weighted by Crippen LogP contribution is -2.39. The zero-order chi connectivity index (χ0) is 15.6. The van der Waals surface area contributed by atoms with Crippen molar-refractivity contribution in [3.8, 4) is 11.5 Å². The molecule has 0 saturated heterocycles. The summed E-state index contributed by atoms with van der Waals surface area (Å²) in [5, 5.41) is 11.9. The van der Waals surface area contributed by atoms with Crippen molar-refractivity contribution in [3.63, 3.8) is 0 Å². The zero-order valence-electron chi connectivity index (χ0n) is 12.3. The zero-order valence-corrected chi connectivity index (χ0v) is 12.3. The minimum Gasteiger partial charge on any atom is -0.486 e. The summed E-state index contributed by atoms with van der Waals surface area (Å²) in [4.78, 5) is 23.5. The summed E-state index contributed by atoms with van der Waals surface area (Å²) in [5.41, 5.74) is -0.191. The summed E-state index contributed by atoms with van der Waals surface area (Å²) in [7, 11) is 0. The van der Waals surface area contributed by atoms with E-state index in [4.69, 9.17) is 9.47 Å². The van der Waals surface area contributed by atoms with Crippen molar-refractivity contribution >= 4 is 17.6 Å². The van der Waals surface area contributed by atoms with Crippen LogP contribution in [0.15, 0.2) is 18.2 Å². The van der Waals surface area contributed by atoms with Crippen LogP contribution in [0.4, 0.5) is 5.69 Å². The number of hydrogen-bond donors (Lipinski definition) is 2. The second-order valence-electron chi connectivity index (χ2n) is 5.98. The predicted molar refractivity (Wildman–Crippen MR) is 76.6 cm³/mol. The lowest BCUT2D eigenvalue weighted by molar-refractivity contribution is -0.149. The fourth-order valence-electron chi connectivity index (χ4n) is 2.21. The number of anilines is 1. The fraction of sp³-hybridized carbons (Fsp3) is 0.467. The van der Waals surface area contributed by atoms with Crippen molar-refractivity contribution in [1.82, 2.24) is 0 Å². The first-order valence-electron chi connectivity index (χ1n) is 6.72. The number of benzene rings is 1. The quantitative estimate of drug-likeness (QED) is 0.834. The van der Waals surface area contributed by atoms with Crippen molar-refractivity contribution < 1.29 is 24.2 Å². The molecule has 0 fully saturated rings. The van der Waals surface area contributed by atoms with Crippen LogP contribution >= 0.6 is 0 Å². The van der Waals surface area contributed by atoms with E-state index in [0.717, 1.165) is 0 Å². The third-order valence-corrected chi connectivity index (χ3v) is 3.18. The Balaban J connectivity index is 2.17. The number of nitrogens with one attached hydrogen (secondary N) is 1. The van der Waals surface area contributed by atoms with Crippen LogP contribution in [0.5, 0.6) is 11.5 Å². The van der Waals surface area contributed by atoms with E-state index in [-0.39, 0.29) is 0 Å². The Labute approximate surface area is 123 Å². The molecule has 1 aliphatic heterocycles. The first kappa shape index (κ1) is 15.2. The Morgan fingerprint density at radius 1 is 1.19 bits per heavy atom. The van der Waals surface area contributed by atoms with Crippen LogP contribution in [0, 0.1) is 11.3 Å². The molecule has 1 unspecified atom stereocenters. The number of carbonyl (C=O) groups excluding carboxylic acids is 1. The van der Waals surface area contributed by atoms with E-state index in [9.17, 15) is 14.7 Å². The molecule has 1 aliphatic rings. The molecule has 1 amide bonds. The highest BCUT2D eigenvalue weighted by Gasteiger charge is 2.37. The molecule has 2 rings (SSSR count). The minimum absolute atomic E-state index is 0.449. The van der Waals surface area contributed by atoms with Gasteiger partial charge in [0.1, 0.15) is 19.1 Å². The van der Waals surface area contributed by atoms with Gasteiger partial charge in [-0.1, -0.05) is 20.8 Å². The Morgan fingerprint density at radius 2 is 1.81 bits per heavy atom. The van der Waals surface area contributed by atoms with E-state index in [1.807, 2.05) is 0 Å². The van der Waals surface area contributed by atoms with E-state index in [1.165, 1.54) is 0 Å². The number of carbonyl (C=O) groups is 2. The number of aliphatic carboxylic acids is 1. The summed E-state index contributed by atoms with van der Waals surface area (Å²) >= 11 is 0. The molecule has 1 aromatic rings. The maximum Gasteiger partial charge on any atom is 0.316 e. The van der Waals surface area contributed by atoms with E-state index in [1.54, 1.807) is 39.0 Å². The predicted octanol–water partition coefficient (Wildman–Crippen LogP) is 2.14. The maximum absolute atomic E-state index is 12.2. The van der Waals surface area contributed by atoms with Crippen molar-refractivity contribution in [2.24, 2.45) is 11.3 Å². The highest BCUT2D eigenvalue weighted by molar-refractivity contribution is 6.05. The van der Waals surface area contributed by atoms with Crippen LogP contribution in [0.2, 0.25) is 0 Å². The highest BCUT2D eigenvalue weighted by atomic mass is 16.6. The number of fused-ring (bicyclic) bond motifs is 1. The molecule has 21 heavy (non-hydrogen) atoms. The molecule has 0 aromatic heterocycles. The third-order valence-electron chi connectivity index (χ3n) is 3.18. The average molecular weight is 293 g/mol. The molecule has 6 heteroatoms. The topological polar surface area (TPSA) is 84.9 Å². The summed E-state index contributed by atoms with van der Waals surface area (Å²) in [6, 6.07) is 4.98. The number of ether oxygens (including phenoxy) is 2. The van der Waals surface area contributed by atoms with Gasteiger partial charge >= 0.3 is 5.97 Å².